The fourth-order valence-electron chi connectivity index (χ4n) is 0.757. The van der Waals surface area contributed by atoms with Gasteiger partial charge in [0, 0.05) is 18.9 Å². The molecule has 0 aliphatic carbocycles. The predicted octanol–water partition coefficient (Wildman–Crippen LogP) is 0.659. The Labute approximate surface area is 71.7 Å². The van der Waals surface area contributed by atoms with Crippen molar-refractivity contribution in [1.29, 1.82) is 0 Å². The molecule has 1 aromatic heterocycles. The predicted molar refractivity (Wildman–Crippen MR) is 46.8 cm³/mol. The highest BCUT2D eigenvalue weighted by molar-refractivity contribution is 5.29. The number of aliphatic hydroxyl groups excluding tert-OH is 1. The summed E-state index contributed by atoms with van der Waals surface area (Å²) < 4.78 is 0. The molecule has 0 fully saturated rings. The van der Waals surface area contributed by atoms with Crippen molar-refractivity contribution in [1.82, 2.24) is 9.97 Å². The van der Waals surface area contributed by atoms with E-state index in [-0.39, 0.29) is 6.10 Å². The first kappa shape index (κ1) is 8.93. The Bertz CT molecular complexity index is 215. The summed E-state index contributed by atoms with van der Waals surface area (Å²) in [4.78, 5) is 7.88. The number of anilines is 1. The smallest absolute Gasteiger partial charge is 0.144 e. The zero-order valence-corrected chi connectivity index (χ0v) is 7.07. The van der Waals surface area contributed by atoms with Crippen molar-refractivity contribution in [3.63, 3.8) is 0 Å². The second kappa shape index (κ2) is 4.66. The summed E-state index contributed by atoms with van der Waals surface area (Å²) in [6.07, 6.45) is 5.28. The Balaban J connectivity index is 2.33. The van der Waals surface area contributed by atoms with Gasteiger partial charge >= 0.3 is 0 Å². The van der Waals surface area contributed by atoms with E-state index >= 15 is 0 Å². The van der Waals surface area contributed by atoms with E-state index < -0.39 is 0 Å². The van der Waals surface area contributed by atoms with Crippen LogP contribution < -0.4 is 5.32 Å². The maximum atomic E-state index is 9.21. The zero-order valence-electron chi connectivity index (χ0n) is 7.07. The minimum atomic E-state index is -0.313. The first-order valence-electron chi connectivity index (χ1n) is 4.01. The highest BCUT2D eigenvalue weighted by Gasteiger charge is 1.99. The molecule has 0 saturated heterocycles. The van der Waals surface area contributed by atoms with Crippen LogP contribution in [0, 0.1) is 0 Å². The largest absolute Gasteiger partial charge is 0.391 e. The van der Waals surface area contributed by atoms with Crippen LogP contribution in [0.4, 0.5) is 5.82 Å². The third-order valence-electron chi connectivity index (χ3n) is 1.55. The Morgan fingerprint density at radius 1 is 1.58 bits per heavy atom. The first-order valence-corrected chi connectivity index (χ1v) is 4.01. The van der Waals surface area contributed by atoms with Crippen LogP contribution >= 0.6 is 0 Å². The summed E-state index contributed by atoms with van der Waals surface area (Å²) in [6.45, 7) is 2.46. The molecule has 1 heterocycles. The van der Waals surface area contributed by atoms with Crippen molar-refractivity contribution in [2.45, 2.75) is 19.4 Å². The molecule has 1 aromatic rings. The zero-order chi connectivity index (χ0) is 8.81. The Kier molecular flexibility index (Phi) is 3.47. The number of aromatic nitrogens is 2. The molecule has 12 heavy (non-hydrogen) atoms. The van der Waals surface area contributed by atoms with Gasteiger partial charge in [0.2, 0.25) is 0 Å². The van der Waals surface area contributed by atoms with Gasteiger partial charge in [-0.2, -0.15) is 0 Å². The fraction of sp³-hybridized carbons (Fsp3) is 0.500. The topological polar surface area (TPSA) is 58.0 Å². The average Bonchev–Trinajstić information content (AvgIpc) is 2.16. The minimum absolute atomic E-state index is 0.313. The first-order chi connectivity index (χ1) is 5.83. The number of nitrogens with zero attached hydrogens (tertiary/aromatic N) is 2. The number of nitrogens with one attached hydrogen (secondary N) is 1. The number of hydrogen-bond donors (Lipinski definition) is 2. The van der Waals surface area contributed by atoms with Crippen LogP contribution in [0.25, 0.3) is 0 Å². The maximum absolute atomic E-state index is 9.21. The van der Waals surface area contributed by atoms with E-state index in [1.54, 1.807) is 18.6 Å². The summed E-state index contributed by atoms with van der Waals surface area (Å²) >= 11 is 0. The van der Waals surface area contributed by atoms with Crippen molar-refractivity contribution in [2.75, 3.05) is 11.9 Å². The molecule has 0 amide bonds. The highest BCUT2D eigenvalue weighted by atomic mass is 16.3. The molecule has 4 heteroatoms. The van der Waals surface area contributed by atoms with Crippen molar-refractivity contribution in [3.05, 3.63) is 18.6 Å². The van der Waals surface area contributed by atoms with Crippen LogP contribution in [0.5, 0.6) is 0 Å². The van der Waals surface area contributed by atoms with E-state index in [1.165, 1.54) is 0 Å². The lowest BCUT2D eigenvalue weighted by Gasteiger charge is -2.08. The van der Waals surface area contributed by atoms with Crippen LogP contribution in [0.2, 0.25) is 0 Å². The van der Waals surface area contributed by atoms with Crippen LogP contribution in [-0.4, -0.2) is 27.7 Å². The second-order valence-electron chi connectivity index (χ2n) is 2.53. The van der Waals surface area contributed by atoms with Crippen molar-refractivity contribution < 1.29 is 5.11 Å². The van der Waals surface area contributed by atoms with Crippen LogP contribution in [0.15, 0.2) is 18.6 Å². The molecule has 0 saturated carbocycles. The van der Waals surface area contributed by atoms with Crippen molar-refractivity contribution in [3.8, 4) is 0 Å². The molecule has 66 valence electrons. The van der Waals surface area contributed by atoms with E-state index in [9.17, 15) is 5.11 Å². The number of hydrogen-bond acceptors (Lipinski definition) is 4. The second-order valence-corrected chi connectivity index (χ2v) is 2.53. The molecule has 0 aliphatic rings. The summed E-state index contributed by atoms with van der Waals surface area (Å²) in [5, 5.41) is 12.2. The number of rotatable bonds is 4. The molecular formula is C8H13N3O. The molecule has 0 radical (unpaired) electrons. The van der Waals surface area contributed by atoms with E-state index in [2.05, 4.69) is 15.3 Å². The average molecular weight is 167 g/mol. The lowest BCUT2D eigenvalue weighted by molar-refractivity contribution is 0.183. The van der Waals surface area contributed by atoms with Crippen LogP contribution in [0.1, 0.15) is 13.3 Å². The van der Waals surface area contributed by atoms with E-state index in [0.717, 1.165) is 6.42 Å². The standard InChI is InChI=1S/C8H13N3O/c1-2-7(12)5-11-8-6-9-3-4-10-8/h3-4,6-7,12H,2,5H2,1H3,(H,10,11). The summed E-state index contributed by atoms with van der Waals surface area (Å²) in [5.74, 6) is 0.699. The SMILES string of the molecule is CCC(O)CNc1cnccn1. The molecule has 0 spiro atoms. The minimum Gasteiger partial charge on any atom is -0.391 e. The van der Waals surface area contributed by atoms with Gasteiger partial charge in [-0.25, -0.2) is 4.98 Å². The van der Waals surface area contributed by atoms with Gasteiger partial charge in [0.15, 0.2) is 0 Å². The third kappa shape index (κ3) is 2.84. The van der Waals surface area contributed by atoms with Crippen molar-refractivity contribution in [2.24, 2.45) is 0 Å². The molecule has 0 aliphatic heterocycles. The van der Waals surface area contributed by atoms with Gasteiger partial charge in [-0.15, -0.1) is 0 Å². The molecular weight excluding hydrogens is 154 g/mol. The molecule has 1 atom stereocenters. The van der Waals surface area contributed by atoms with Crippen molar-refractivity contribution >= 4 is 5.82 Å². The Morgan fingerprint density at radius 3 is 3.00 bits per heavy atom. The molecule has 4 nitrogen and oxygen atoms in total. The summed E-state index contributed by atoms with van der Waals surface area (Å²) in [6, 6.07) is 0. The Hall–Kier alpha value is -1.16. The molecule has 2 N–H and O–H groups in total. The molecule has 0 bridgehead atoms. The maximum Gasteiger partial charge on any atom is 0.144 e. The van der Waals surface area contributed by atoms with E-state index in [1.807, 2.05) is 6.92 Å². The lowest BCUT2D eigenvalue weighted by Crippen LogP contribution is -2.18. The van der Waals surface area contributed by atoms with Gasteiger partial charge in [0.05, 0.1) is 12.3 Å². The van der Waals surface area contributed by atoms with Gasteiger partial charge in [0.1, 0.15) is 5.82 Å². The van der Waals surface area contributed by atoms with Gasteiger partial charge in [-0.05, 0) is 6.42 Å². The number of aliphatic hydroxyl groups is 1. The quantitative estimate of drug-likeness (QED) is 0.691. The molecule has 1 unspecified atom stereocenters. The highest BCUT2D eigenvalue weighted by Crippen LogP contribution is 1.98. The van der Waals surface area contributed by atoms with Gasteiger partial charge in [-0.1, -0.05) is 6.92 Å². The monoisotopic (exact) mass is 167 g/mol. The van der Waals surface area contributed by atoms with E-state index in [4.69, 9.17) is 0 Å². The lowest BCUT2D eigenvalue weighted by atomic mass is 10.3. The third-order valence-corrected chi connectivity index (χ3v) is 1.55. The summed E-state index contributed by atoms with van der Waals surface area (Å²) in [7, 11) is 0. The van der Waals surface area contributed by atoms with Crippen LogP contribution in [0.3, 0.4) is 0 Å². The fourth-order valence-corrected chi connectivity index (χ4v) is 0.757. The summed E-state index contributed by atoms with van der Waals surface area (Å²) in [5.41, 5.74) is 0. The van der Waals surface area contributed by atoms with Crippen LogP contribution in [-0.2, 0) is 0 Å². The van der Waals surface area contributed by atoms with Gasteiger partial charge < -0.3 is 10.4 Å². The van der Waals surface area contributed by atoms with E-state index in [0.29, 0.717) is 12.4 Å². The molecule has 0 aromatic carbocycles. The molecule has 1 rings (SSSR count). The van der Waals surface area contributed by atoms with Gasteiger partial charge in [-0.3, -0.25) is 4.98 Å². The Morgan fingerprint density at radius 2 is 2.42 bits per heavy atom. The normalized spacial score (nSPS) is 12.5. The van der Waals surface area contributed by atoms with Gasteiger partial charge in [0.25, 0.3) is 0 Å².